The van der Waals surface area contributed by atoms with Gasteiger partial charge in [0.2, 0.25) is 0 Å². The molecule has 3 aliphatic rings. The summed E-state index contributed by atoms with van der Waals surface area (Å²) >= 11 is 0. The van der Waals surface area contributed by atoms with E-state index >= 15 is 0 Å². The van der Waals surface area contributed by atoms with Crippen LogP contribution in [0.3, 0.4) is 0 Å². The fourth-order valence-electron chi connectivity index (χ4n) is 5.23. The van der Waals surface area contributed by atoms with Gasteiger partial charge in [-0.15, -0.1) is 0 Å². The third-order valence-corrected chi connectivity index (χ3v) is 5.91. The third-order valence-electron chi connectivity index (χ3n) is 5.91. The first kappa shape index (κ1) is 9.21. The standard InChI is InChI=1S/C13H23N/c1-12(2)11(8-14-3)13(12)7-9-4-5-10(13)6-9/h9-11,14H,4-8H2,1-3H3. The zero-order valence-corrected chi connectivity index (χ0v) is 9.77. The Morgan fingerprint density at radius 1 is 1.29 bits per heavy atom. The van der Waals surface area contributed by atoms with E-state index in [9.17, 15) is 0 Å². The normalized spacial score (nSPS) is 52.9. The average molecular weight is 193 g/mol. The molecule has 4 atom stereocenters. The van der Waals surface area contributed by atoms with Gasteiger partial charge < -0.3 is 5.32 Å². The number of rotatable bonds is 2. The van der Waals surface area contributed by atoms with Gasteiger partial charge in [-0.3, -0.25) is 0 Å². The van der Waals surface area contributed by atoms with Crippen LogP contribution in [0.5, 0.6) is 0 Å². The van der Waals surface area contributed by atoms with Gasteiger partial charge in [-0.2, -0.15) is 0 Å². The lowest BCUT2D eigenvalue weighted by molar-refractivity contribution is 0.237. The van der Waals surface area contributed by atoms with Gasteiger partial charge >= 0.3 is 0 Å². The molecule has 0 aromatic rings. The summed E-state index contributed by atoms with van der Waals surface area (Å²) in [4.78, 5) is 0. The average Bonchev–Trinajstić information content (AvgIpc) is 2.63. The van der Waals surface area contributed by atoms with Crippen LogP contribution in [0.15, 0.2) is 0 Å². The molecule has 1 spiro atoms. The second-order valence-corrected chi connectivity index (χ2v) is 6.45. The Hall–Kier alpha value is -0.0400. The predicted octanol–water partition coefficient (Wildman–Crippen LogP) is 2.67. The van der Waals surface area contributed by atoms with E-state index in [1.165, 1.54) is 19.4 Å². The maximum Gasteiger partial charge on any atom is -0.00126 e. The molecule has 0 amide bonds. The lowest BCUT2D eigenvalue weighted by Gasteiger charge is -2.25. The highest BCUT2D eigenvalue weighted by Gasteiger charge is 2.76. The summed E-state index contributed by atoms with van der Waals surface area (Å²) in [7, 11) is 2.11. The molecule has 3 aliphatic carbocycles. The molecule has 0 aliphatic heterocycles. The van der Waals surface area contributed by atoms with Crippen molar-refractivity contribution in [3.8, 4) is 0 Å². The van der Waals surface area contributed by atoms with Crippen molar-refractivity contribution in [3.63, 3.8) is 0 Å². The van der Waals surface area contributed by atoms with E-state index in [2.05, 4.69) is 26.2 Å². The summed E-state index contributed by atoms with van der Waals surface area (Å²) in [6, 6.07) is 0. The minimum Gasteiger partial charge on any atom is -0.319 e. The van der Waals surface area contributed by atoms with Crippen LogP contribution < -0.4 is 5.32 Å². The molecular weight excluding hydrogens is 170 g/mol. The molecule has 3 fully saturated rings. The molecule has 2 bridgehead atoms. The number of hydrogen-bond donors (Lipinski definition) is 1. The van der Waals surface area contributed by atoms with Crippen LogP contribution in [0.2, 0.25) is 0 Å². The van der Waals surface area contributed by atoms with Crippen molar-refractivity contribution >= 4 is 0 Å². The van der Waals surface area contributed by atoms with Gasteiger partial charge in [0.05, 0.1) is 0 Å². The van der Waals surface area contributed by atoms with Crippen molar-refractivity contribution in [2.75, 3.05) is 13.6 Å². The highest BCUT2D eigenvalue weighted by molar-refractivity contribution is 5.24. The number of hydrogen-bond acceptors (Lipinski definition) is 1. The van der Waals surface area contributed by atoms with E-state index in [0.29, 0.717) is 5.41 Å². The van der Waals surface area contributed by atoms with Gasteiger partial charge in [-0.1, -0.05) is 20.3 Å². The first-order chi connectivity index (χ1) is 6.63. The molecule has 4 unspecified atom stereocenters. The van der Waals surface area contributed by atoms with Crippen molar-refractivity contribution in [2.24, 2.45) is 28.6 Å². The SMILES string of the molecule is CNCC1C(C)(C)C12CC1CCC2C1. The summed E-state index contributed by atoms with van der Waals surface area (Å²) in [5, 5.41) is 3.40. The van der Waals surface area contributed by atoms with Gasteiger partial charge in [0.1, 0.15) is 0 Å². The zero-order valence-electron chi connectivity index (χ0n) is 9.77. The van der Waals surface area contributed by atoms with Gasteiger partial charge in [-0.05, 0) is 61.4 Å². The summed E-state index contributed by atoms with van der Waals surface area (Å²) in [5.41, 5.74) is 1.40. The molecule has 80 valence electrons. The largest absolute Gasteiger partial charge is 0.319 e. The maximum absolute atomic E-state index is 3.40. The van der Waals surface area contributed by atoms with Gasteiger partial charge in [0.15, 0.2) is 0 Å². The third kappa shape index (κ3) is 0.816. The Morgan fingerprint density at radius 3 is 2.57 bits per heavy atom. The molecular formula is C13H23N. The van der Waals surface area contributed by atoms with E-state index in [0.717, 1.165) is 23.2 Å². The van der Waals surface area contributed by atoms with E-state index in [1.54, 1.807) is 12.8 Å². The summed E-state index contributed by atoms with van der Waals surface area (Å²) in [6.45, 7) is 6.27. The number of fused-ring (bicyclic) bond motifs is 3. The van der Waals surface area contributed by atoms with Gasteiger partial charge in [-0.25, -0.2) is 0 Å². The van der Waals surface area contributed by atoms with Crippen molar-refractivity contribution in [1.82, 2.24) is 5.32 Å². The van der Waals surface area contributed by atoms with E-state index in [4.69, 9.17) is 0 Å². The molecule has 1 heteroatoms. The van der Waals surface area contributed by atoms with Crippen LogP contribution >= 0.6 is 0 Å². The van der Waals surface area contributed by atoms with Crippen LogP contribution in [0, 0.1) is 28.6 Å². The summed E-state index contributed by atoms with van der Waals surface area (Å²) < 4.78 is 0. The molecule has 3 rings (SSSR count). The van der Waals surface area contributed by atoms with Crippen molar-refractivity contribution in [1.29, 1.82) is 0 Å². The molecule has 3 saturated carbocycles. The lowest BCUT2D eigenvalue weighted by atomic mass is 9.79. The highest BCUT2D eigenvalue weighted by atomic mass is 14.9. The van der Waals surface area contributed by atoms with Crippen LogP contribution in [-0.4, -0.2) is 13.6 Å². The Labute approximate surface area is 87.7 Å². The first-order valence-electron chi connectivity index (χ1n) is 6.27. The fourth-order valence-corrected chi connectivity index (χ4v) is 5.23. The van der Waals surface area contributed by atoms with Crippen molar-refractivity contribution < 1.29 is 0 Å². The van der Waals surface area contributed by atoms with E-state index < -0.39 is 0 Å². The summed E-state index contributed by atoms with van der Waals surface area (Å²) in [6.07, 6.45) is 6.18. The van der Waals surface area contributed by atoms with Crippen LogP contribution in [-0.2, 0) is 0 Å². The smallest absolute Gasteiger partial charge is 0.00126 e. The minimum absolute atomic E-state index is 0.635. The second kappa shape index (κ2) is 2.55. The molecule has 0 saturated heterocycles. The molecule has 1 nitrogen and oxygen atoms in total. The molecule has 0 aromatic carbocycles. The summed E-state index contributed by atoms with van der Waals surface area (Å²) in [5.74, 6) is 3.15. The Balaban J connectivity index is 1.85. The monoisotopic (exact) mass is 193 g/mol. The Bertz CT molecular complexity index is 258. The minimum atomic E-state index is 0.635. The molecule has 14 heavy (non-hydrogen) atoms. The van der Waals surface area contributed by atoms with E-state index in [-0.39, 0.29) is 0 Å². The number of nitrogens with one attached hydrogen (secondary N) is 1. The van der Waals surface area contributed by atoms with Crippen molar-refractivity contribution in [3.05, 3.63) is 0 Å². The first-order valence-corrected chi connectivity index (χ1v) is 6.27. The van der Waals surface area contributed by atoms with Gasteiger partial charge in [0, 0.05) is 0 Å². The molecule has 0 heterocycles. The Morgan fingerprint density at radius 2 is 2.07 bits per heavy atom. The predicted molar refractivity (Wildman–Crippen MR) is 59.1 cm³/mol. The van der Waals surface area contributed by atoms with Crippen molar-refractivity contribution in [2.45, 2.75) is 39.5 Å². The quantitative estimate of drug-likeness (QED) is 0.711. The molecule has 1 N–H and O–H groups in total. The maximum atomic E-state index is 3.40. The zero-order chi connectivity index (χ0) is 9.97. The molecule has 0 aromatic heterocycles. The highest BCUT2D eigenvalue weighted by Crippen LogP contribution is 2.81. The lowest BCUT2D eigenvalue weighted by Crippen LogP contribution is -2.20. The van der Waals surface area contributed by atoms with E-state index in [1.807, 2.05) is 0 Å². The van der Waals surface area contributed by atoms with Gasteiger partial charge in [0.25, 0.3) is 0 Å². The fraction of sp³-hybridized carbons (Fsp3) is 1.00. The van der Waals surface area contributed by atoms with Crippen LogP contribution in [0.4, 0.5) is 0 Å². The second-order valence-electron chi connectivity index (χ2n) is 6.45. The molecule has 0 radical (unpaired) electrons. The van der Waals surface area contributed by atoms with Crippen LogP contribution in [0.25, 0.3) is 0 Å². The Kier molecular flexibility index (Phi) is 1.68. The topological polar surface area (TPSA) is 12.0 Å². The van der Waals surface area contributed by atoms with Crippen LogP contribution in [0.1, 0.15) is 39.5 Å².